The zero-order valence-electron chi connectivity index (χ0n) is 9.11. The summed E-state index contributed by atoms with van der Waals surface area (Å²) in [5, 5.41) is 3.14. The molecule has 0 spiro atoms. The van der Waals surface area contributed by atoms with Crippen molar-refractivity contribution in [2.24, 2.45) is 0 Å². The third-order valence-electron chi connectivity index (χ3n) is 2.72. The lowest BCUT2D eigenvalue weighted by Gasteiger charge is -2.29. The quantitative estimate of drug-likeness (QED) is 0.789. The van der Waals surface area contributed by atoms with Gasteiger partial charge in [0.25, 0.3) is 0 Å². The second-order valence-electron chi connectivity index (χ2n) is 4.05. The molecule has 1 unspecified atom stereocenters. The van der Waals surface area contributed by atoms with Crippen molar-refractivity contribution in [1.82, 2.24) is 10.2 Å². The summed E-state index contributed by atoms with van der Waals surface area (Å²) in [5.74, 6) is 0. The molecule has 0 saturated carbocycles. The van der Waals surface area contributed by atoms with Gasteiger partial charge in [0, 0.05) is 19.1 Å². The van der Waals surface area contributed by atoms with E-state index in [4.69, 9.17) is 0 Å². The van der Waals surface area contributed by atoms with Crippen molar-refractivity contribution in [3.63, 3.8) is 0 Å². The molecule has 5 heteroatoms. The second kappa shape index (κ2) is 5.70. The summed E-state index contributed by atoms with van der Waals surface area (Å²) >= 11 is 0. The number of halogens is 3. The Morgan fingerprint density at radius 2 is 2.07 bits per heavy atom. The molecule has 0 bridgehead atoms. The summed E-state index contributed by atoms with van der Waals surface area (Å²) < 4.78 is 37.0. The SMILES string of the molecule is CCCN1CCNCCC1CC(F)(F)F. The van der Waals surface area contributed by atoms with E-state index in [-0.39, 0.29) is 6.04 Å². The van der Waals surface area contributed by atoms with E-state index < -0.39 is 12.6 Å². The van der Waals surface area contributed by atoms with Gasteiger partial charge in [0.15, 0.2) is 0 Å². The number of nitrogens with one attached hydrogen (secondary N) is 1. The van der Waals surface area contributed by atoms with Crippen molar-refractivity contribution in [1.29, 1.82) is 0 Å². The van der Waals surface area contributed by atoms with Gasteiger partial charge in [-0.05, 0) is 25.9 Å². The van der Waals surface area contributed by atoms with Crippen LogP contribution >= 0.6 is 0 Å². The van der Waals surface area contributed by atoms with Crippen LogP contribution in [-0.4, -0.2) is 43.3 Å². The topological polar surface area (TPSA) is 15.3 Å². The normalized spacial score (nSPS) is 25.2. The van der Waals surface area contributed by atoms with E-state index in [1.54, 1.807) is 0 Å². The number of alkyl halides is 3. The van der Waals surface area contributed by atoms with Crippen LogP contribution < -0.4 is 5.32 Å². The summed E-state index contributed by atoms with van der Waals surface area (Å²) in [6.07, 6.45) is -3.20. The van der Waals surface area contributed by atoms with E-state index in [2.05, 4.69) is 5.32 Å². The van der Waals surface area contributed by atoms with Crippen LogP contribution in [0.25, 0.3) is 0 Å². The predicted molar refractivity (Wildman–Crippen MR) is 53.8 cm³/mol. The Kier molecular flexibility index (Phi) is 4.86. The van der Waals surface area contributed by atoms with Gasteiger partial charge in [-0.1, -0.05) is 6.92 Å². The third kappa shape index (κ3) is 4.84. The third-order valence-corrected chi connectivity index (χ3v) is 2.72. The molecule has 1 aliphatic rings. The average molecular weight is 224 g/mol. The van der Waals surface area contributed by atoms with E-state index in [0.717, 1.165) is 26.1 Å². The Balaban J connectivity index is 2.53. The fraction of sp³-hybridized carbons (Fsp3) is 1.00. The van der Waals surface area contributed by atoms with Crippen LogP contribution in [0.4, 0.5) is 13.2 Å². The molecule has 1 fully saturated rings. The molecule has 1 rings (SSSR count). The van der Waals surface area contributed by atoms with Gasteiger partial charge in [-0.15, -0.1) is 0 Å². The monoisotopic (exact) mass is 224 g/mol. The zero-order valence-corrected chi connectivity index (χ0v) is 9.11. The molecule has 1 aliphatic heterocycles. The first-order valence-electron chi connectivity index (χ1n) is 5.54. The maximum atomic E-state index is 12.3. The van der Waals surface area contributed by atoms with Gasteiger partial charge in [-0.25, -0.2) is 0 Å². The first-order valence-corrected chi connectivity index (χ1v) is 5.54. The minimum absolute atomic E-state index is 0.333. The fourth-order valence-corrected chi connectivity index (χ4v) is 2.06. The van der Waals surface area contributed by atoms with Gasteiger partial charge in [0.05, 0.1) is 6.42 Å². The molecule has 0 radical (unpaired) electrons. The lowest BCUT2D eigenvalue weighted by Crippen LogP contribution is -2.39. The number of hydrogen-bond donors (Lipinski definition) is 1. The Bertz CT molecular complexity index is 182. The van der Waals surface area contributed by atoms with E-state index >= 15 is 0 Å². The first kappa shape index (κ1) is 12.8. The van der Waals surface area contributed by atoms with Gasteiger partial charge in [-0.3, -0.25) is 4.90 Å². The Morgan fingerprint density at radius 3 is 2.67 bits per heavy atom. The minimum Gasteiger partial charge on any atom is -0.315 e. The summed E-state index contributed by atoms with van der Waals surface area (Å²) in [5.41, 5.74) is 0. The maximum Gasteiger partial charge on any atom is 0.390 e. The molecule has 1 heterocycles. The van der Waals surface area contributed by atoms with Gasteiger partial charge in [-0.2, -0.15) is 13.2 Å². The standard InChI is InChI=1S/C10H19F3N2/c1-2-6-15-7-5-14-4-3-9(15)8-10(11,12)13/h9,14H,2-8H2,1H3. The van der Waals surface area contributed by atoms with Crippen LogP contribution in [-0.2, 0) is 0 Å². The Labute approximate surface area is 88.8 Å². The van der Waals surface area contributed by atoms with Crippen molar-refractivity contribution < 1.29 is 13.2 Å². The van der Waals surface area contributed by atoms with Gasteiger partial charge in [0.2, 0.25) is 0 Å². The number of rotatable bonds is 3. The van der Waals surface area contributed by atoms with Crippen molar-refractivity contribution >= 4 is 0 Å². The highest BCUT2D eigenvalue weighted by molar-refractivity contribution is 4.79. The van der Waals surface area contributed by atoms with E-state index in [9.17, 15) is 13.2 Å². The molecule has 0 aromatic heterocycles. The molecular weight excluding hydrogens is 205 g/mol. The second-order valence-corrected chi connectivity index (χ2v) is 4.05. The van der Waals surface area contributed by atoms with Crippen LogP contribution in [0.5, 0.6) is 0 Å². The molecule has 0 amide bonds. The van der Waals surface area contributed by atoms with Crippen LogP contribution in [0.2, 0.25) is 0 Å². The first-order chi connectivity index (χ1) is 7.03. The van der Waals surface area contributed by atoms with Gasteiger partial charge >= 0.3 is 6.18 Å². The van der Waals surface area contributed by atoms with Crippen LogP contribution in [0.15, 0.2) is 0 Å². The molecule has 0 aromatic carbocycles. The molecule has 1 saturated heterocycles. The van der Waals surface area contributed by atoms with Crippen molar-refractivity contribution in [3.8, 4) is 0 Å². The highest BCUT2D eigenvalue weighted by atomic mass is 19.4. The Hall–Kier alpha value is -0.290. The van der Waals surface area contributed by atoms with Crippen LogP contribution in [0.3, 0.4) is 0 Å². The Morgan fingerprint density at radius 1 is 1.33 bits per heavy atom. The molecule has 1 atom stereocenters. The lowest BCUT2D eigenvalue weighted by atomic mass is 10.1. The summed E-state index contributed by atoms with van der Waals surface area (Å²) in [7, 11) is 0. The zero-order chi connectivity index (χ0) is 11.3. The number of hydrogen-bond acceptors (Lipinski definition) is 2. The highest BCUT2D eigenvalue weighted by Crippen LogP contribution is 2.26. The molecule has 90 valence electrons. The number of nitrogens with zero attached hydrogens (tertiary/aromatic N) is 1. The average Bonchev–Trinajstić information content (AvgIpc) is 2.30. The summed E-state index contributed by atoms with van der Waals surface area (Å²) in [4.78, 5) is 1.97. The van der Waals surface area contributed by atoms with Gasteiger partial charge in [0.1, 0.15) is 0 Å². The smallest absolute Gasteiger partial charge is 0.315 e. The summed E-state index contributed by atoms with van der Waals surface area (Å²) in [6, 6.07) is -0.333. The highest BCUT2D eigenvalue weighted by Gasteiger charge is 2.34. The van der Waals surface area contributed by atoms with Gasteiger partial charge < -0.3 is 5.32 Å². The van der Waals surface area contributed by atoms with Crippen molar-refractivity contribution in [2.75, 3.05) is 26.2 Å². The maximum absolute atomic E-state index is 12.3. The largest absolute Gasteiger partial charge is 0.390 e. The lowest BCUT2D eigenvalue weighted by molar-refractivity contribution is -0.147. The molecule has 2 nitrogen and oxygen atoms in total. The van der Waals surface area contributed by atoms with Crippen molar-refractivity contribution in [2.45, 2.75) is 38.4 Å². The minimum atomic E-state index is -4.04. The molecule has 15 heavy (non-hydrogen) atoms. The molecule has 1 N–H and O–H groups in total. The summed E-state index contributed by atoms with van der Waals surface area (Å²) in [6.45, 7) is 5.00. The molecule has 0 aromatic rings. The van der Waals surface area contributed by atoms with Crippen LogP contribution in [0, 0.1) is 0 Å². The molecular formula is C10H19F3N2. The van der Waals surface area contributed by atoms with E-state index in [1.807, 2.05) is 11.8 Å². The predicted octanol–water partition coefficient (Wildman–Crippen LogP) is 2.01. The van der Waals surface area contributed by atoms with E-state index in [0.29, 0.717) is 13.0 Å². The van der Waals surface area contributed by atoms with Crippen molar-refractivity contribution in [3.05, 3.63) is 0 Å². The fourth-order valence-electron chi connectivity index (χ4n) is 2.06. The van der Waals surface area contributed by atoms with Crippen LogP contribution in [0.1, 0.15) is 26.2 Å². The van der Waals surface area contributed by atoms with E-state index in [1.165, 1.54) is 0 Å². The molecule has 0 aliphatic carbocycles.